The van der Waals surface area contributed by atoms with Crippen molar-refractivity contribution in [1.82, 2.24) is 5.32 Å². The normalized spacial score (nSPS) is 24.7. The van der Waals surface area contributed by atoms with E-state index in [0.717, 1.165) is 19.3 Å². The number of ketones is 1. The summed E-state index contributed by atoms with van der Waals surface area (Å²) in [5.41, 5.74) is -0.785. The second kappa shape index (κ2) is 5.51. The number of hydrogen-bond acceptors (Lipinski definition) is 3. The lowest BCUT2D eigenvalue weighted by Crippen LogP contribution is -2.48. The largest absolute Gasteiger partial charge is 0.444 e. The molecular formula is C15H27NO3. The fourth-order valence-corrected chi connectivity index (χ4v) is 2.59. The molecule has 4 heteroatoms. The SMILES string of the molecule is CC(NC(=O)OC(C)(C)C)C1CCCC(C)(C)C1=O. The highest BCUT2D eigenvalue weighted by Gasteiger charge is 2.40. The summed E-state index contributed by atoms with van der Waals surface area (Å²) < 4.78 is 5.23. The zero-order chi connectivity index (χ0) is 14.8. The van der Waals surface area contributed by atoms with Crippen molar-refractivity contribution >= 4 is 11.9 Å². The number of ether oxygens (including phenoxy) is 1. The molecule has 4 nitrogen and oxygen atoms in total. The minimum absolute atomic E-state index is 0.101. The Bertz CT molecular complexity index is 355. The van der Waals surface area contributed by atoms with Gasteiger partial charge in [0.2, 0.25) is 0 Å². The zero-order valence-electron chi connectivity index (χ0n) is 13.0. The number of rotatable bonds is 2. The molecule has 1 fully saturated rings. The van der Waals surface area contributed by atoms with Crippen molar-refractivity contribution in [2.75, 3.05) is 0 Å². The second-order valence-electron chi connectivity index (χ2n) is 7.18. The van der Waals surface area contributed by atoms with Crippen LogP contribution in [0.25, 0.3) is 0 Å². The lowest BCUT2D eigenvalue weighted by molar-refractivity contribution is -0.135. The Kier molecular flexibility index (Phi) is 4.64. The molecular weight excluding hydrogens is 242 g/mol. The third-order valence-electron chi connectivity index (χ3n) is 3.67. The molecule has 1 aliphatic rings. The summed E-state index contributed by atoms with van der Waals surface area (Å²) in [6.45, 7) is 11.3. The average Bonchev–Trinajstić information content (AvgIpc) is 2.18. The number of nitrogens with one attached hydrogen (secondary N) is 1. The average molecular weight is 269 g/mol. The molecule has 110 valence electrons. The molecule has 0 radical (unpaired) electrons. The van der Waals surface area contributed by atoms with Gasteiger partial charge < -0.3 is 10.1 Å². The van der Waals surface area contributed by atoms with Crippen LogP contribution in [0.2, 0.25) is 0 Å². The van der Waals surface area contributed by atoms with E-state index in [4.69, 9.17) is 4.74 Å². The van der Waals surface area contributed by atoms with Gasteiger partial charge in [-0.2, -0.15) is 0 Å². The van der Waals surface area contributed by atoms with E-state index in [-0.39, 0.29) is 23.2 Å². The zero-order valence-corrected chi connectivity index (χ0v) is 13.0. The molecule has 0 aromatic rings. The van der Waals surface area contributed by atoms with Gasteiger partial charge in [0.15, 0.2) is 0 Å². The van der Waals surface area contributed by atoms with Gasteiger partial charge in [-0.3, -0.25) is 4.79 Å². The molecule has 1 N–H and O–H groups in total. The lowest BCUT2D eigenvalue weighted by atomic mass is 9.69. The van der Waals surface area contributed by atoms with E-state index in [0.29, 0.717) is 0 Å². The maximum Gasteiger partial charge on any atom is 0.407 e. The Morgan fingerprint density at radius 3 is 2.53 bits per heavy atom. The predicted octanol–water partition coefficient (Wildman–Crippen LogP) is 3.30. The highest BCUT2D eigenvalue weighted by molar-refractivity contribution is 5.88. The van der Waals surface area contributed by atoms with Gasteiger partial charge in [-0.1, -0.05) is 20.3 Å². The van der Waals surface area contributed by atoms with Crippen molar-refractivity contribution in [2.45, 2.75) is 72.4 Å². The molecule has 1 saturated carbocycles. The van der Waals surface area contributed by atoms with E-state index in [1.165, 1.54) is 0 Å². The van der Waals surface area contributed by atoms with Gasteiger partial charge in [-0.15, -0.1) is 0 Å². The van der Waals surface area contributed by atoms with E-state index >= 15 is 0 Å². The van der Waals surface area contributed by atoms with Gasteiger partial charge >= 0.3 is 6.09 Å². The monoisotopic (exact) mass is 269 g/mol. The van der Waals surface area contributed by atoms with Crippen LogP contribution in [0.15, 0.2) is 0 Å². The van der Waals surface area contributed by atoms with Gasteiger partial charge in [0.25, 0.3) is 0 Å². The third-order valence-corrected chi connectivity index (χ3v) is 3.67. The molecule has 2 unspecified atom stereocenters. The van der Waals surface area contributed by atoms with Gasteiger partial charge in [-0.25, -0.2) is 4.79 Å². The number of Topliss-reactive ketones (excluding diaryl/α,β-unsaturated/α-hetero) is 1. The van der Waals surface area contributed by atoms with Crippen LogP contribution in [0.1, 0.15) is 60.8 Å². The Hall–Kier alpha value is -1.06. The first-order chi connectivity index (χ1) is 8.53. The van der Waals surface area contributed by atoms with Crippen LogP contribution >= 0.6 is 0 Å². The summed E-state index contributed by atoms with van der Waals surface area (Å²) in [6, 6.07) is -0.179. The van der Waals surface area contributed by atoms with Crippen molar-refractivity contribution in [3.05, 3.63) is 0 Å². The first-order valence-corrected chi connectivity index (χ1v) is 7.07. The maximum absolute atomic E-state index is 12.4. The van der Waals surface area contributed by atoms with Gasteiger partial charge in [0, 0.05) is 17.4 Å². The standard InChI is InChI=1S/C15H27NO3/c1-10(16-13(18)19-14(2,3)4)11-8-7-9-15(5,6)12(11)17/h10-11H,7-9H2,1-6H3,(H,16,18). The van der Waals surface area contributed by atoms with Crippen LogP contribution in [0.3, 0.4) is 0 Å². The highest BCUT2D eigenvalue weighted by Crippen LogP contribution is 2.36. The quantitative estimate of drug-likeness (QED) is 0.837. The van der Waals surface area contributed by atoms with E-state index in [2.05, 4.69) is 5.32 Å². The highest BCUT2D eigenvalue weighted by atomic mass is 16.6. The Morgan fingerprint density at radius 1 is 1.42 bits per heavy atom. The summed E-state index contributed by atoms with van der Waals surface area (Å²) in [6.07, 6.45) is 2.36. The summed E-state index contributed by atoms with van der Waals surface area (Å²) in [5.74, 6) is 0.151. The first kappa shape index (κ1) is 16.0. The molecule has 2 atom stereocenters. The predicted molar refractivity (Wildman–Crippen MR) is 75.0 cm³/mol. The van der Waals surface area contributed by atoms with Crippen molar-refractivity contribution < 1.29 is 14.3 Å². The number of amides is 1. The molecule has 0 bridgehead atoms. The van der Waals surface area contributed by atoms with Crippen molar-refractivity contribution in [3.63, 3.8) is 0 Å². The number of carbonyl (C=O) groups is 2. The minimum Gasteiger partial charge on any atom is -0.444 e. The molecule has 1 aliphatic carbocycles. The van der Waals surface area contributed by atoms with Crippen LogP contribution in [-0.4, -0.2) is 23.5 Å². The number of hydrogen-bond donors (Lipinski definition) is 1. The van der Waals surface area contributed by atoms with Crippen LogP contribution in [-0.2, 0) is 9.53 Å². The minimum atomic E-state index is -0.514. The van der Waals surface area contributed by atoms with E-state index in [9.17, 15) is 9.59 Å². The van der Waals surface area contributed by atoms with Gasteiger partial charge in [0.1, 0.15) is 11.4 Å². The third kappa shape index (κ3) is 4.51. The van der Waals surface area contributed by atoms with Crippen LogP contribution < -0.4 is 5.32 Å². The maximum atomic E-state index is 12.4. The number of carbonyl (C=O) groups excluding carboxylic acids is 2. The van der Waals surface area contributed by atoms with Crippen LogP contribution in [0.5, 0.6) is 0 Å². The molecule has 0 aromatic heterocycles. The van der Waals surface area contributed by atoms with E-state index < -0.39 is 11.7 Å². The summed E-state index contributed by atoms with van der Waals surface area (Å²) >= 11 is 0. The molecule has 1 rings (SSSR count). The Morgan fingerprint density at radius 2 is 2.00 bits per heavy atom. The van der Waals surface area contributed by atoms with Crippen molar-refractivity contribution in [1.29, 1.82) is 0 Å². The van der Waals surface area contributed by atoms with E-state index in [1.54, 1.807) is 0 Å². The molecule has 1 amide bonds. The summed E-state index contributed by atoms with van der Waals surface area (Å²) in [5, 5.41) is 2.79. The van der Waals surface area contributed by atoms with Crippen molar-refractivity contribution in [3.8, 4) is 0 Å². The number of alkyl carbamates (subject to hydrolysis) is 1. The molecule has 0 spiro atoms. The smallest absolute Gasteiger partial charge is 0.407 e. The van der Waals surface area contributed by atoms with Gasteiger partial charge in [0.05, 0.1) is 0 Å². The van der Waals surface area contributed by atoms with Crippen molar-refractivity contribution in [2.24, 2.45) is 11.3 Å². The molecule has 19 heavy (non-hydrogen) atoms. The lowest BCUT2D eigenvalue weighted by Gasteiger charge is -2.36. The first-order valence-electron chi connectivity index (χ1n) is 7.07. The fourth-order valence-electron chi connectivity index (χ4n) is 2.59. The van der Waals surface area contributed by atoms with Crippen LogP contribution in [0, 0.1) is 11.3 Å². The fraction of sp³-hybridized carbons (Fsp3) is 0.867. The second-order valence-corrected chi connectivity index (χ2v) is 7.18. The molecule has 0 aliphatic heterocycles. The molecule has 0 saturated heterocycles. The summed E-state index contributed by atoms with van der Waals surface area (Å²) in [7, 11) is 0. The topological polar surface area (TPSA) is 55.4 Å². The molecule has 0 heterocycles. The summed E-state index contributed by atoms with van der Waals surface area (Å²) in [4.78, 5) is 24.1. The Labute approximate surface area is 116 Å². The van der Waals surface area contributed by atoms with Gasteiger partial charge in [-0.05, 0) is 40.5 Å². The molecule has 0 aromatic carbocycles. The Balaban J connectivity index is 2.60. The van der Waals surface area contributed by atoms with E-state index in [1.807, 2.05) is 41.5 Å². The van der Waals surface area contributed by atoms with Crippen LogP contribution in [0.4, 0.5) is 4.79 Å².